The molecule has 0 bridgehead atoms. The lowest BCUT2D eigenvalue weighted by molar-refractivity contribution is 0.340. The number of benzene rings is 3. The molecular weight excluding hydrogens is 418 g/mol. The van der Waals surface area contributed by atoms with Crippen molar-refractivity contribution in [2.75, 3.05) is 6.61 Å². The molecule has 32 heavy (non-hydrogen) atoms. The van der Waals surface area contributed by atoms with Gasteiger partial charge in [-0.25, -0.2) is 4.79 Å². The highest BCUT2D eigenvalue weighted by atomic mass is 32.2. The molecule has 1 atom stereocenters. The van der Waals surface area contributed by atoms with Crippen LogP contribution >= 0.6 is 11.8 Å². The summed E-state index contributed by atoms with van der Waals surface area (Å²) in [5, 5.41) is 2.74. The quantitative estimate of drug-likeness (QED) is 0.257. The van der Waals surface area contributed by atoms with Crippen molar-refractivity contribution in [1.29, 1.82) is 0 Å². The van der Waals surface area contributed by atoms with Gasteiger partial charge < -0.3 is 10.5 Å². The van der Waals surface area contributed by atoms with E-state index in [0.29, 0.717) is 6.61 Å². The van der Waals surface area contributed by atoms with E-state index in [0.717, 1.165) is 63.3 Å². The Kier molecular flexibility index (Phi) is 5.72. The number of hydrogen-bond acceptors (Lipinski definition) is 5. The van der Waals surface area contributed by atoms with Crippen LogP contribution in [0.1, 0.15) is 35.5 Å². The van der Waals surface area contributed by atoms with Gasteiger partial charge in [0, 0.05) is 11.3 Å². The van der Waals surface area contributed by atoms with Crippen molar-refractivity contribution in [3.8, 4) is 11.4 Å². The van der Waals surface area contributed by atoms with Gasteiger partial charge in [0.25, 0.3) is 0 Å². The maximum Gasteiger partial charge on any atom is 0.353 e. The lowest BCUT2D eigenvalue weighted by Gasteiger charge is -2.18. The summed E-state index contributed by atoms with van der Waals surface area (Å²) in [6.07, 6.45) is 2.77. The third-order valence-electron chi connectivity index (χ3n) is 5.88. The number of fused-ring (bicyclic) bond motifs is 2. The van der Waals surface area contributed by atoms with Gasteiger partial charge in [-0.2, -0.15) is 4.98 Å². The first-order valence-electron chi connectivity index (χ1n) is 10.9. The Balaban J connectivity index is 1.52. The Morgan fingerprint density at radius 3 is 2.66 bits per heavy atom. The van der Waals surface area contributed by atoms with Gasteiger partial charge in [0.2, 0.25) is 0 Å². The van der Waals surface area contributed by atoms with Gasteiger partial charge in [-0.15, -0.1) is 0 Å². The second-order valence-electron chi connectivity index (χ2n) is 7.85. The lowest BCUT2D eigenvalue weighted by Crippen LogP contribution is -2.26. The normalized spacial score (nSPS) is 13.8. The fourth-order valence-corrected chi connectivity index (χ4v) is 5.49. The van der Waals surface area contributed by atoms with E-state index in [2.05, 4.69) is 29.2 Å². The zero-order chi connectivity index (χ0) is 22.1. The van der Waals surface area contributed by atoms with E-state index in [1.807, 2.05) is 49.4 Å². The minimum Gasteiger partial charge on any atom is -0.494 e. The standard InChI is InChI=1S/C26H25N3O2S/c1-2-31-19-15-13-18(14-16-19)29-23-12-6-11-22(23)25(28-26(29)30)32-24(27)21-10-5-8-17-7-3-4-9-20(17)21/h3-5,7-10,13-16,24H,2,6,11-12,27H2,1H3/t24-/m1/s1. The monoisotopic (exact) mass is 443 g/mol. The van der Waals surface area contributed by atoms with Crippen molar-refractivity contribution >= 4 is 22.5 Å². The molecule has 2 N–H and O–H groups in total. The summed E-state index contributed by atoms with van der Waals surface area (Å²) in [5.41, 5.74) is 10.4. The summed E-state index contributed by atoms with van der Waals surface area (Å²) < 4.78 is 7.28. The SMILES string of the molecule is CCOc1ccc(-n2c3c(c(S[C@@H](N)c4cccc5ccccc45)nc2=O)CCC3)cc1. The Hall–Kier alpha value is -3.09. The molecule has 0 fully saturated rings. The molecule has 0 saturated heterocycles. The van der Waals surface area contributed by atoms with Gasteiger partial charge in [0.05, 0.1) is 17.7 Å². The number of aromatic nitrogens is 2. The number of hydrogen-bond donors (Lipinski definition) is 1. The second kappa shape index (κ2) is 8.81. The molecule has 0 spiro atoms. The van der Waals surface area contributed by atoms with Crippen molar-refractivity contribution < 1.29 is 4.74 Å². The molecule has 5 nitrogen and oxygen atoms in total. The van der Waals surface area contributed by atoms with Crippen LogP contribution in [-0.4, -0.2) is 16.2 Å². The molecule has 0 radical (unpaired) electrons. The maximum absolute atomic E-state index is 13.1. The van der Waals surface area contributed by atoms with Gasteiger partial charge in [-0.05, 0) is 66.8 Å². The van der Waals surface area contributed by atoms with Crippen molar-refractivity contribution in [2.24, 2.45) is 5.73 Å². The van der Waals surface area contributed by atoms with Crippen LogP contribution in [0.15, 0.2) is 76.6 Å². The first-order chi connectivity index (χ1) is 15.7. The number of thioether (sulfide) groups is 1. The van der Waals surface area contributed by atoms with Gasteiger partial charge in [-0.1, -0.05) is 54.2 Å². The fourth-order valence-electron chi connectivity index (χ4n) is 4.43. The molecule has 4 aromatic rings. The van der Waals surface area contributed by atoms with Gasteiger partial charge >= 0.3 is 5.69 Å². The predicted octanol–water partition coefficient (Wildman–Crippen LogP) is 5.02. The van der Waals surface area contributed by atoms with E-state index in [4.69, 9.17) is 10.5 Å². The van der Waals surface area contributed by atoms with Crippen molar-refractivity contribution in [1.82, 2.24) is 9.55 Å². The molecule has 0 unspecified atom stereocenters. The van der Waals surface area contributed by atoms with Gasteiger partial charge in [0.15, 0.2) is 0 Å². The molecule has 0 amide bonds. The molecular formula is C26H25N3O2S. The molecule has 3 aromatic carbocycles. The highest BCUT2D eigenvalue weighted by Gasteiger charge is 2.24. The molecule has 0 saturated carbocycles. The summed E-state index contributed by atoms with van der Waals surface area (Å²) in [6.45, 7) is 2.56. The van der Waals surface area contributed by atoms with E-state index in [1.54, 1.807) is 4.57 Å². The smallest absolute Gasteiger partial charge is 0.353 e. The first kappa shape index (κ1) is 20.8. The van der Waals surface area contributed by atoms with Crippen molar-refractivity contribution in [3.63, 3.8) is 0 Å². The summed E-state index contributed by atoms with van der Waals surface area (Å²) in [5.74, 6) is 0.794. The average Bonchev–Trinajstić information content (AvgIpc) is 3.30. The minimum atomic E-state index is -0.306. The lowest BCUT2D eigenvalue weighted by atomic mass is 10.0. The van der Waals surface area contributed by atoms with Crippen LogP contribution in [0.4, 0.5) is 0 Å². The van der Waals surface area contributed by atoms with E-state index >= 15 is 0 Å². The molecule has 6 heteroatoms. The van der Waals surface area contributed by atoms with E-state index in [9.17, 15) is 4.79 Å². The molecule has 1 aliphatic rings. The number of nitrogens with two attached hydrogens (primary N) is 1. The predicted molar refractivity (Wildman–Crippen MR) is 130 cm³/mol. The van der Waals surface area contributed by atoms with Crippen LogP contribution < -0.4 is 16.2 Å². The van der Waals surface area contributed by atoms with Crippen LogP contribution in [0.5, 0.6) is 5.75 Å². The summed E-state index contributed by atoms with van der Waals surface area (Å²) in [4.78, 5) is 17.6. The second-order valence-corrected chi connectivity index (χ2v) is 8.98. The van der Waals surface area contributed by atoms with Crippen molar-refractivity contribution in [3.05, 3.63) is 94.0 Å². The average molecular weight is 444 g/mol. The third kappa shape index (κ3) is 3.80. The van der Waals surface area contributed by atoms with Crippen LogP contribution in [-0.2, 0) is 12.8 Å². The van der Waals surface area contributed by atoms with E-state index in [-0.39, 0.29) is 11.1 Å². The van der Waals surface area contributed by atoms with Crippen LogP contribution in [0.2, 0.25) is 0 Å². The molecule has 0 aliphatic heterocycles. The Morgan fingerprint density at radius 1 is 1.06 bits per heavy atom. The molecule has 5 rings (SSSR count). The van der Waals surface area contributed by atoms with Gasteiger partial charge in [-0.3, -0.25) is 4.57 Å². The Labute approximate surface area is 191 Å². The van der Waals surface area contributed by atoms with Crippen molar-refractivity contribution in [2.45, 2.75) is 36.6 Å². The largest absolute Gasteiger partial charge is 0.494 e. The Morgan fingerprint density at radius 2 is 1.84 bits per heavy atom. The summed E-state index contributed by atoms with van der Waals surface area (Å²) in [7, 11) is 0. The van der Waals surface area contributed by atoms with Crippen LogP contribution in [0, 0.1) is 0 Å². The van der Waals surface area contributed by atoms with Crippen LogP contribution in [0.25, 0.3) is 16.5 Å². The fraction of sp³-hybridized carbons (Fsp3) is 0.231. The number of rotatable bonds is 6. The topological polar surface area (TPSA) is 70.1 Å². The summed E-state index contributed by atoms with van der Waals surface area (Å²) >= 11 is 1.48. The zero-order valence-electron chi connectivity index (χ0n) is 18.0. The highest BCUT2D eigenvalue weighted by Crippen LogP contribution is 2.38. The molecule has 1 heterocycles. The van der Waals surface area contributed by atoms with E-state index in [1.165, 1.54) is 11.8 Å². The maximum atomic E-state index is 13.1. The highest BCUT2D eigenvalue weighted by molar-refractivity contribution is 7.99. The molecule has 1 aromatic heterocycles. The first-order valence-corrected chi connectivity index (χ1v) is 11.8. The zero-order valence-corrected chi connectivity index (χ0v) is 18.8. The van der Waals surface area contributed by atoms with Crippen LogP contribution in [0.3, 0.4) is 0 Å². The summed E-state index contributed by atoms with van der Waals surface area (Å²) in [6, 6.07) is 22.0. The number of nitrogens with zero attached hydrogens (tertiary/aromatic N) is 2. The van der Waals surface area contributed by atoms with Gasteiger partial charge in [0.1, 0.15) is 10.8 Å². The number of ether oxygens (including phenoxy) is 1. The van der Waals surface area contributed by atoms with E-state index < -0.39 is 0 Å². The molecule has 162 valence electrons. The Bertz CT molecular complexity index is 1330. The molecule has 1 aliphatic carbocycles. The minimum absolute atomic E-state index is 0.262. The third-order valence-corrected chi connectivity index (χ3v) is 6.95.